The molecule has 3 rings (SSSR count). The lowest BCUT2D eigenvalue weighted by Gasteiger charge is -2.04. The van der Waals surface area contributed by atoms with E-state index in [1.165, 1.54) is 6.20 Å². The van der Waals surface area contributed by atoms with Crippen molar-refractivity contribution in [2.75, 3.05) is 5.32 Å². The molecule has 21 heavy (non-hydrogen) atoms. The maximum atomic E-state index is 11.8. The second-order valence-electron chi connectivity index (χ2n) is 4.34. The molecule has 0 unspecified atom stereocenters. The van der Waals surface area contributed by atoms with E-state index in [9.17, 15) is 4.79 Å². The van der Waals surface area contributed by atoms with Crippen molar-refractivity contribution in [3.63, 3.8) is 0 Å². The maximum Gasteiger partial charge on any atom is 0.417 e. The Morgan fingerprint density at radius 2 is 1.67 bits per heavy atom. The molecule has 0 radical (unpaired) electrons. The van der Waals surface area contributed by atoms with Crippen molar-refractivity contribution in [3.05, 3.63) is 73.1 Å². The number of rotatable bonds is 3. The van der Waals surface area contributed by atoms with Crippen LogP contribution < -0.4 is 10.1 Å². The number of amides is 1. The summed E-state index contributed by atoms with van der Waals surface area (Å²) in [5.74, 6) is 0.382. The molecule has 0 bridgehead atoms. The van der Waals surface area contributed by atoms with E-state index in [1.807, 2.05) is 48.5 Å². The number of carbonyl (C=O) groups excluding carboxylic acids is 1. The summed E-state index contributed by atoms with van der Waals surface area (Å²) in [6.07, 6.45) is 2.60. The van der Waals surface area contributed by atoms with Crippen LogP contribution in [0.2, 0.25) is 0 Å². The van der Waals surface area contributed by atoms with Gasteiger partial charge in [0.05, 0.1) is 18.1 Å². The molecule has 0 aliphatic carbocycles. The highest BCUT2D eigenvalue weighted by Gasteiger charge is 2.07. The first kappa shape index (κ1) is 12.9. The molecule has 0 fully saturated rings. The third kappa shape index (κ3) is 3.27. The molecule has 5 heteroatoms. The lowest BCUT2D eigenvalue weighted by Crippen LogP contribution is -2.16. The van der Waals surface area contributed by atoms with Gasteiger partial charge in [0.25, 0.3) is 0 Å². The zero-order valence-corrected chi connectivity index (χ0v) is 11.1. The monoisotopic (exact) mass is 279 g/mol. The Kier molecular flexibility index (Phi) is 3.64. The van der Waals surface area contributed by atoms with Crippen LogP contribution >= 0.6 is 0 Å². The predicted octanol–water partition coefficient (Wildman–Crippen LogP) is 3.48. The van der Waals surface area contributed by atoms with Gasteiger partial charge in [-0.15, -0.1) is 0 Å². The summed E-state index contributed by atoms with van der Waals surface area (Å²) >= 11 is 0. The van der Waals surface area contributed by atoms with E-state index < -0.39 is 6.09 Å². The molecule has 0 spiro atoms. The van der Waals surface area contributed by atoms with E-state index in [-0.39, 0.29) is 0 Å². The number of nitrogens with one attached hydrogen (secondary N) is 1. The molecule has 2 aromatic carbocycles. The minimum absolute atomic E-state index is 0.382. The van der Waals surface area contributed by atoms with E-state index in [0.717, 1.165) is 5.69 Å². The molecule has 0 saturated heterocycles. The predicted molar refractivity (Wildman–Crippen MR) is 79.7 cm³/mol. The SMILES string of the molecule is O=C(Nc1ccccc1)Oc1cnn(-c2ccccc2)c1. The molecular formula is C16H13N3O2. The van der Waals surface area contributed by atoms with Crippen molar-refractivity contribution in [2.45, 2.75) is 0 Å². The molecule has 3 aromatic rings. The van der Waals surface area contributed by atoms with Crippen molar-refractivity contribution in [2.24, 2.45) is 0 Å². The summed E-state index contributed by atoms with van der Waals surface area (Å²) < 4.78 is 6.83. The van der Waals surface area contributed by atoms with Crippen LogP contribution in [0.15, 0.2) is 73.1 Å². The van der Waals surface area contributed by atoms with Crippen molar-refractivity contribution in [1.82, 2.24) is 9.78 Å². The van der Waals surface area contributed by atoms with Gasteiger partial charge in [-0.25, -0.2) is 9.48 Å². The topological polar surface area (TPSA) is 56.1 Å². The highest BCUT2D eigenvalue weighted by atomic mass is 16.6. The van der Waals surface area contributed by atoms with Crippen molar-refractivity contribution < 1.29 is 9.53 Å². The minimum atomic E-state index is -0.547. The first-order chi connectivity index (χ1) is 10.3. The van der Waals surface area contributed by atoms with Crippen molar-refractivity contribution in [1.29, 1.82) is 0 Å². The largest absolute Gasteiger partial charge is 0.417 e. The molecule has 5 nitrogen and oxygen atoms in total. The second kappa shape index (κ2) is 5.92. The van der Waals surface area contributed by atoms with E-state index in [1.54, 1.807) is 23.0 Å². The van der Waals surface area contributed by atoms with Gasteiger partial charge in [0, 0.05) is 5.69 Å². The number of anilines is 1. The van der Waals surface area contributed by atoms with E-state index >= 15 is 0 Å². The van der Waals surface area contributed by atoms with Gasteiger partial charge in [0.2, 0.25) is 0 Å². The molecule has 1 amide bonds. The number of benzene rings is 2. The summed E-state index contributed by atoms with van der Waals surface area (Å²) in [4.78, 5) is 11.8. The Balaban J connectivity index is 1.66. The Labute approximate surface area is 121 Å². The lowest BCUT2D eigenvalue weighted by atomic mass is 10.3. The van der Waals surface area contributed by atoms with Crippen LogP contribution in [-0.4, -0.2) is 15.9 Å². The highest BCUT2D eigenvalue weighted by molar-refractivity contribution is 5.86. The molecular weight excluding hydrogens is 266 g/mol. The summed E-state index contributed by atoms with van der Waals surface area (Å²) in [5.41, 5.74) is 1.58. The van der Waals surface area contributed by atoms with Crippen LogP contribution in [0, 0.1) is 0 Å². The van der Waals surface area contributed by atoms with Crippen LogP contribution in [0.5, 0.6) is 5.75 Å². The number of para-hydroxylation sites is 2. The zero-order chi connectivity index (χ0) is 14.5. The Morgan fingerprint density at radius 3 is 2.38 bits per heavy atom. The Hall–Kier alpha value is -3.08. The Morgan fingerprint density at radius 1 is 1.00 bits per heavy atom. The second-order valence-corrected chi connectivity index (χ2v) is 4.34. The number of hydrogen-bond acceptors (Lipinski definition) is 3. The molecule has 0 aliphatic rings. The van der Waals surface area contributed by atoms with Crippen LogP contribution in [-0.2, 0) is 0 Å². The van der Waals surface area contributed by atoms with Crippen LogP contribution in [0.3, 0.4) is 0 Å². The normalized spacial score (nSPS) is 10.1. The number of carbonyl (C=O) groups is 1. The fourth-order valence-corrected chi connectivity index (χ4v) is 1.85. The van der Waals surface area contributed by atoms with Gasteiger partial charge in [0.15, 0.2) is 5.75 Å². The Bertz CT molecular complexity index is 724. The average molecular weight is 279 g/mol. The number of nitrogens with zero attached hydrogens (tertiary/aromatic N) is 2. The van der Waals surface area contributed by atoms with E-state index in [4.69, 9.17) is 4.74 Å². The van der Waals surface area contributed by atoms with Crippen LogP contribution in [0.4, 0.5) is 10.5 Å². The van der Waals surface area contributed by atoms with Crippen molar-refractivity contribution >= 4 is 11.8 Å². The summed E-state index contributed by atoms with van der Waals surface area (Å²) in [7, 11) is 0. The van der Waals surface area contributed by atoms with Gasteiger partial charge in [-0.3, -0.25) is 5.32 Å². The molecule has 1 N–H and O–H groups in total. The van der Waals surface area contributed by atoms with Gasteiger partial charge in [-0.2, -0.15) is 5.10 Å². The molecule has 1 aromatic heterocycles. The average Bonchev–Trinajstić information content (AvgIpc) is 2.97. The van der Waals surface area contributed by atoms with E-state index in [0.29, 0.717) is 11.4 Å². The van der Waals surface area contributed by atoms with Gasteiger partial charge in [0.1, 0.15) is 0 Å². The van der Waals surface area contributed by atoms with Gasteiger partial charge in [-0.05, 0) is 24.3 Å². The van der Waals surface area contributed by atoms with Crippen LogP contribution in [0.25, 0.3) is 5.69 Å². The summed E-state index contributed by atoms with van der Waals surface area (Å²) in [5, 5.41) is 6.80. The van der Waals surface area contributed by atoms with E-state index in [2.05, 4.69) is 10.4 Å². The van der Waals surface area contributed by atoms with Gasteiger partial charge < -0.3 is 4.74 Å². The smallest absolute Gasteiger partial charge is 0.407 e. The first-order valence-corrected chi connectivity index (χ1v) is 6.45. The fourth-order valence-electron chi connectivity index (χ4n) is 1.85. The van der Waals surface area contributed by atoms with Gasteiger partial charge >= 0.3 is 6.09 Å². The molecule has 0 aliphatic heterocycles. The summed E-state index contributed by atoms with van der Waals surface area (Å²) in [6.45, 7) is 0. The standard InChI is InChI=1S/C16H13N3O2/c20-16(18-13-7-3-1-4-8-13)21-15-11-17-19(12-15)14-9-5-2-6-10-14/h1-12H,(H,18,20). The molecule has 0 atom stereocenters. The molecule has 0 saturated carbocycles. The quantitative estimate of drug-likeness (QED) is 0.798. The van der Waals surface area contributed by atoms with Crippen molar-refractivity contribution in [3.8, 4) is 11.4 Å². The number of ether oxygens (including phenoxy) is 1. The third-order valence-corrected chi connectivity index (χ3v) is 2.81. The summed E-state index contributed by atoms with van der Waals surface area (Å²) in [6, 6.07) is 18.7. The number of hydrogen-bond donors (Lipinski definition) is 1. The molecule has 1 heterocycles. The fraction of sp³-hybridized carbons (Fsp3) is 0. The minimum Gasteiger partial charge on any atom is -0.407 e. The lowest BCUT2D eigenvalue weighted by molar-refractivity contribution is 0.215. The van der Waals surface area contributed by atoms with Crippen LogP contribution in [0.1, 0.15) is 0 Å². The first-order valence-electron chi connectivity index (χ1n) is 6.45. The third-order valence-electron chi connectivity index (χ3n) is 2.81. The van der Waals surface area contributed by atoms with Gasteiger partial charge in [-0.1, -0.05) is 36.4 Å². The zero-order valence-electron chi connectivity index (χ0n) is 11.1. The molecule has 104 valence electrons. The number of aromatic nitrogens is 2. The highest BCUT2D eigenvalue weighted by Crippen LogP contribution is 2.14. The maximum absolute atomic E-state index is 11.8.